The van der Waals surface area contributed by atoms with E-state index in [4.69, 9.17) is 21.1 Å². The third-order valence-corrected chi connectivity index (χ3v) is 6.00. The molecule has 136 valence electrons. The van der Waals surface area contributed by atoms with Crippen LogP contribution in [0.25, 0.3) is 0 Å². The minimum Gasteiger partial charge on any atom is -0.486 e. The maximum atomic E-state index is 6.32. The SMILES string of the molecule is CN=C(NCCc1cc(Cl)c2c(c1)OCCO2)N1CCC2(CCC2)C1. The lowest BCUT2D eigenvalue weighted by atomic mass is 9.68. The molecular formula is C19H26ClN3O2. The Morgan fingerprint density at radius 3 is 2.84 bits per heavy atom. The van der Waals surface area contributed by atoms with Gasteiger partial charge in [-0.15, -0.1) is 0 Å². The summed E-state index contributed by atoms with van der Waals surface area (Å²) in [5, 5.41) is 4.13. The van der Waals surface area contributed by atoms with Crippen molar-refractivity contribution in [3.05, 3.63) is 22.7 Å². The van der Waals surface area contributed by atoms with Gasteiger partial charge in [-0.05, 0) is 48.8 Å². The number of benzene rings is 1. The predicted molar refractivity (Wildman–Crippen MR) is 100.0 cm³/mol. The second kappa shape index (κ2) is 6.94. The van der Waals surface area contributed by atoms with Gasteiger partial charge < -0.3 is 19.7 Å². The van der Waals surface area contributed by atoms with Crippen LogP contribution < -0.4 is 14.8 Å². The molecule has 1 aliphatic carbocycles. The Labute approximate surface area is 154 Å². The molecule has 6 heteroatoms. The van der Waals surface area contributed by atoms with Gasteiger partial charge in [0.1, 0.15) is 13.2 Å². The Hall–Kier alpha value is -1.62. The van der Waals surface area contributed by atoms with Gasteiger partial charge in [-0.3, -0.25) is 4.99 Å². The van der Waals surface area contributed by atoms with E-state index in [-0.39, 0.29) is 0 Å². The second-order valence-corrected chi connectivity index (χ2v) is 7.76. The molecule has 0 atom stereocenters. The molecule has 2 fully saturated rings. The highest BCUT2D eigenvalue weighted by molar-refractivity contribution is 6.32. The van der Waals surface area contributed by atoms with Crippen LogP contribution in [0.4, 0.5) is 0 Å². The number of hydrogen-bond donors (Lipinski definition) is 1. The van der Waals surface area contributed by atoms with Gasteiger partial charge in [-0.25, -0.2) is 0 Å². The van der Waals surface area contributed by atoms with E-state index < -0.39 is 0 Å². The number of halogens is 1. The van der Waals surface area contributed by atoms with Crippen LogP contribution in [0.5, 0.6) is 11.5 Å². The van der Waals surface area contributed by atoms with Crippen molar-refractivity contribution >= 4 is 17.6 Å². The largest absolute Gasteiger partial charge is 0.486 e. The number of hydrogen-bond acceptors (Lipinski definition) is 3. The number of fused-ring (bicyclic) bond motifs is 1. The number of aliphatic imine (C=N–C) groups is 1. The van der Waals surface area contributed by atoms with Crippen molar-refractivity contribution in [2.45, 2.75) is 32.1 Å². The smallest absolute Gasteiger partial charge is 0.193 e. The monoisotopic (exact) mass is 363 g/mol. The lowest BCUT2D eigenvalue weighted by molar-refractivity contribution is 0.151. The number of rotatable bonds is 3. The maximum Gasteiger partial charge on any atom is 0.193 e. The van der Waals surface area contributed by atoms with E-state index in [2.05, 4.69) is 15.2 Å². The van der Waals surface area contributed by atoms with Crippen LogP contribution in [0.2, 0.25) is 5.02 Å². The van der Waals surface area contributed by atoms with Crippen molar-refractivity contribution in [1.82, 2.24) is 10.2 Å². The van der Waals surface area contributed by atoms with Crippen molar-refractivity contribution in [2.75, 3.05) is 39.9 Å². The van der Waals surface area contributed by atoms with Gasteiger partial charge in [0.15, 0.2) is 17.5 Å². The molecule has 25 heavy (non-hydrogen) atoms. The standard InChI is InChI=1S/C19H26ClN3O2/c1-21-18(23-8-6-19(13-23)4-2-5-19)22-7-3-14-11-15(20)17-16(12-14)24-9-10-25-17/h11-12H,2-10,13H2,1H3,(H,21,22). The molecular weight excluding hydrogens is 338 g/mol. The Balaban J connectivity index is 1.33. The number of guanidine groups is 1. The number of nitrogens with zero attached hydrogens (tertiary/aromatic N) is 2. The summed E-state index contributed by atoms with van der Waals surface area (Å²) in [4.78, 5) is 6.89. The van der Waals surface area contributed by atoms with Gasteiger partial charge in [-0.2, -0.15) is 0 Å². The predicted octanol–water partition coefficient (Wildman–Crippen LogP) is 3.11. The van der Waals surface area contributed by atoms with Gasteiger partial charge in [0, 0.05) is 26.7 Å². The van der Waals surface area contributed by atoms with E-state index >= 15 is 0 Å². The summed E-state index contributed by atoms with van der Waals surface area (Å²) in [5.41, 5.74) is 1.73. The van der Waals surface area contributed by atoms with Crippen LogP contribution >= 0.6 is 11.6 Å². The lowest BCUT2D eigenvalue weighted by Gasteiger charge is -2.38. The average molecular weight is 364 g/mol. The summed E-state index contributed by atoms with van der Waals surface area (Å²) in [7, 11) is 1.87. The zero-order valence-electron chi connectivity index (χ0n) is 14.8. The molecule has 0 unspecified atom stereocenters. The first kappa shape index (κ1) is 16.8. The van der Waals surface area contributed by atoms with Crippen molar-refractivity contribution in [3.63, 3.8) is 0 Å². The van der Waals surface area contributed by atoms with Crippen LogP contribution in [-0.4, -0.2) is 50.8 Å². The number of nitrogens with one attached hydrogen (secondary N) is 1. The van der Waals surface area contributed by atoms with E-state index in [1.807, 2.05) is 19.2 Å². The zero-order valence-corrected chi connectivity index (χ0v) is 15.6. The highest BCUT2D eigenvalue weighted by Crippen LogP contribution is 2.47. The molecule has 1 saturated carbocycles. The lowest BCUT2D eigenvalue weighted by Crippen LogP contribution is -2.43. The molecule has 2 aliphatic heterocycles. The van der Waals surface area contributed by atoms with Crippen LogP contribution in [0.3, 0.4) is 0 Å². The van der Waals surface area contributed by atoms with Crippen molar-refractivity contribution < 1.29 is 9.47 Å². The summed E-state index contributed by atoms with van der Waals surface area (Å²) < 4.78 is 11.2. The van der Waals surface area contributed by atoms with Crippen molar-refractivity contribution in [2.24, 2.45) is 10.4 Å². The summed E-state index contributed by atoms with van der Waals surface area (Å²) in [5.74, 6) is 2.44. The summed E-state index contributed by atoms with van der Waals surface area (Å²) in [6.07, 6.45) is 6.34. The molecule has 0 amide bonds. The van der Waals surface area contributed by atoms with Crippen molar-refractivity contribution in [3.8, 4) is 11.5 Å². The van der Waals surface area contributed by atoms with Gasteiger partial charge in [0.2, 0.25) is 0 Å². The topological polar surface area (TPSA) is 46.1 Å². The molecule has 0 aromatic heterocycles. The van der Waals surface area contributed by atoms with Crippen LogP contribution in [0.1, 0.15) is 31.2 Å². The fourth-order valence-electron chi connectivity index (χ4n) is 4.16. The molecule has 1 N–H and O–H groups in total. The van der Waals surface area contributed by atoms with Gasteiger partial charge >= 0.3 is 0 Å². The van der Waals surface area contributed by atoms with E-state index in [1.54, 1.807) is 0 Å². The first-order valence-corrected chi connectivity index (χ1v) is 9.61. The molecule has 3 aliphatic rings. The van der Waals surface area contributed by atoms with Gasteiger partial charge in [0.25, 0.3) is 0 Å². The van der Waals surface area contributed by atoms with E-state index in [9.17, 15) is 0 Å². The number of likely N-dealkylation sites (tertiary alicyclic amines) is 1. The molecule has 1 aromatic rings. The third-order valence-electron chi connectivity index (χ3n) is 5.72. The van der Waals surface area contributed by atoms with Crippen molar-refractivity contribution in [1.29, 1.82) is 0 Å². The molecule has 0 bridgehead atoms. The molecule has 1 spiro atoms. The quantitative estimate of drug-likeness (QED) is 0.662. The van der Waals surface area contributed by atoms with Crippen LogP contribution in [-0.2, 0) is 6.42 Å². The first-order valence-electron chi connectivity index (χ1n) is 9.23. The summed E-state index contributed by atoms with van der Waals surface area (Å²) in [6, 6.07) is 4.00. The highest BCUT2D eigenvalue weighted by Gasteiger charge is 2.43. The first-order chi connectivity index (χ1) is 12.2. The average Bonchev–Trinajstić information content (AvgIpc) is 3.05. The molecule has 1 saturated heterocycles. The molecule has 2 heterocycles. The Morgan fingerprint density at radius 2 is 2.12 bits per heavy atom. The summed E-state index contributed by atoms with van der Waals surface area (Å²) in [6.45, 7) is 4.24. The molecule has 4 rings (SSSR count). The maximum absolute atomic E-state index is 6.32. The molecule has 5 nitrogen and oxygen atoms in total. The van der Waals surface area contributed by atoms with Crippen LogP contribution in [0, 0.1) is 5.41 Å². The fourth-order valence-corrected chi connectivity index (χ4v) is 4.45. The van der Waals surface area contributed by atoms with E-state index in [1.165, 1.54) is 25.7 Å². The van der Waals surface area contributed by atoms with Gasteiger partial charge in [-0.1, -0.05) is 18.0 Å². The Kier molecular flexibility index (Phi) is 4.67. The van der Waals surface area contributed by atoms with Crippen LogP contribution in [0.15, 0.2) is 17.1 Å². The minimum atomic E-state index is 0.557. The fraction of sp³-hybridized carbons (Fsp3) is 0.632. The third kappa shape index (κ3) is 3.39. The minimum absolute atomic E-state index is 0.557. The normalized spacial score (nSPS) is 21.4. The highest BCUT2D eigenvalue weighted by atomic mass is 35.5. The van der Waals surface area contributed by atoms with E-state index in [0.717, 1.165) is 43.3 Å². The second-order valence-electron chi connectivity index (χ2n) is 7.35. The van der Waals surface area contributed by atoms with Gasteiger partial charge in [0.05, 0.1) is 5.02 Å². The number of ether oxygens (including phenoxy) is 2. The molecule has 1 aromatic carbocycles. The Bertz CT molecular complexity index is 673. The van der Waals surface area contributed by atoms with E-state index in [0.29, 0.717) is 29.4 Å². The summed E-state index contributed by atoms with van der Waals surface area (Å²) >= 11 is 6.32. The zero-order chi connectivity index (χ0) is 17.3. The molecule has 0 radical (unpaired) electrons. The Morgan fingerprint density at radius 1 is 1.28 bits per heavy atom.